The Bertz CT molecular complexity index is 708. The van der Waals surface area contributed by atoms with Crippen LogP contribution >= 0.6 is 21.6 Å². The number of likely N-dealkylation sites (tertiary alicyclic amines) is 1. The van der Waals surface area contributed by atoms with Crippen LogP contribution in [0, 0.1) is 0 Å². The van der Waals surface area contributed by atoms with E-state index in [0.29, 0.717) is 12.3 Å². The highest BCUT2D eigenvalue weighted by Gasteiger charge is 2.29. The number of unbranched alkanes of at least 4 members (excludes halogenated alkanes) is 1. The topological polar surface area (TPSA) is 49.0 Å². The molecular formula is C20H27N3OS2. The van der Waals surface area contributed by atoms with Gasteiger partial charge in [-0.3, -0.25) is 4.79 Å². The normalized spacial score (nSPS) is 23.6. The first-order valence-corrected chi connectivity index (χ1v) is 12.2. The molecule has 140 valence electrons. The summed E-state index contributed by atoms with van der Waals surface area (Å²) in [4.78, 5) is 23.2. The number of carbonyl (C=O) groups excluding carboxylic acids is 1. The molecule has 0 saturated carbocycles. The Labute approximate surface area is 163 Å². The van der Waals surface area contributed by atoms with E-state index >= 15 is 0 Å². The molecule has 26 heavy (non-hydrogen) atoms. The summed E-state index contributed by atoms with van der Waals surface area (Å²) in [5, 5.41) is 0.813. The molecule has 1 aromatic heterocycles. The molecular weight excluding hydrogens is 362 g/mol. The van der Waals surface area contributed by atoms with E-state index in [1.165, 1.54) is 31.4 Å². The SMILES string of the molecule is O=C(CCCC[C@@H]1CCSS1)N1CCCC[C@H]1c1nc2ccccc2[nH]1. The minimum atomic E-state index is 0.116. The van der Waals surface area contributed by atoms with Gasteiger partial charge in [-0.2, -0.15) is 0 Å². The zero-order valence-corrected chi connectivity index (χ0v) is 16.8. The number of aromatic nitrogens is 2. The van der Waals surface area contributed by atoms with Gasteiger partial charge in [-0.05, 0) is 50.7 Å². The predicted octanol–water partition coefficient (Wildman–Crippen LogP) is 5.33. The van der Waals surface area contributed by atoms with Gasteiger partial charge in [0.15, 0.2) is 0 Å². The van der Waals surface area contributed by atoms with Crippen LogP contribution in [0.25, 0.3) is 11.0 Å². The zero-order valence-electron chi connectivity index (χ0n) is 15.2. The van der Waals surface area contributed by atoms with Crippen molar-refractivity contribution in [3.63, 3.8) is 0 Å². The maximum atomic E-state index is 12.9. The number of aromatic amines is 1. The number of nitrogens with one attached hydrogen (secondary N) is 1. The van der Waals surface area contributed by atoms with Crippen molar-refractivity contribution in [3.8, 4) is 0 Å². The molecule has 3 heterocycles. The lowest BCUT2D eigenvalue weighted by Crippen LogP contribution is -2.38. The van der Waals surface area contributed by atoms with Gasteiger partial charge in [0.05, 0.1) is 17.1 Å². The second kappa shape index (κ2) is 8.70. The summed E-state index contributed by atoms with van der Waals surface area (Å²) in [5.74, 6) is 2.56. The second-order valence-corrected chi connectivity index (χ2v) is 10.1. The molecule has 6 heteroatoms. The van der Waals surface area contributed by atoms with Gasteiger partial charge in [0, 0.05) is 24.0 Å². The van der Waals surface area contributed by atoms with Gasteiger partial charge in [0.2, 0.25) is 5.91 Å². The van der Waals surface area contributed by atoms with E-state index in [1.807, 2.05) is 39.8 Å². The van der Waals surface area contributed by atoms with Crippen molar-refractivity contribution in [1.82, 2.24) is 14.9 Å². The number of benzene rings is 1. The standard InChI is InChI=1S/C20H27N3OS2/c24-19(11-4-1-7-15-12-14-25-26-15)23-13-6-5-10-18(23)20-21-16-8-2-3-9-17(16)22-20/h2-3,8-9,15,18H,1,4-7,10-14H2,(H,21,22)/t15-,18+/m1/s1. The number of nitrogens with zero attached hydrogens (tertiary/aromatic N) is 2. The Kier molecular flexibility index (Phi) is 6.10. The first kappa shape index (κ1) is 18.2. The van der Waals surface area contributed by atoms with E-state index in [1.54, 1.807) is 0 Å². The van der Waals surface area contributed by atoms with Gasteiger partial charge in [-0.25, -0.2) is 4.98 Å². The molecule has 1 amide bonds. The van der Waals surface area contributed by atoms with Crippen LogP contribution in [-0.2, 0) is 4.79 Å². The monoisotopic (exact) mass is 389 g/mol. The Balaban J connectivity index is 1.36. The lowest BCUT2D eigenvalue weighted by atomic mass is 10.0. The van der Waals surface area contributed by atoms with Crippen molar-refractivity contribution in [2.75, 3.05) is 12.3 Å². The Morgan fingerprint density at radius 1 is 1.23 bits per heavy atom. The van der Waals surface area contributed by atoms with Crippen molar-refractivity contribution >= 4 is 38.5 Å². The molecule has 4 nitrogen and oxygen atoms in total. The number of piperidine rings is 1. The lowest BCUT2D eigenvalue weighted by Gasteiger charge is -2.34. The summed E-state index contributed by atoms with van der Waals surface area (Å²) in [6, 6.07) is 8.24. The number of rotatable bonds is 6. The van der Waals surface area contributed by atoms with E-state index < -0.39 is 0 Å². The number of hydrogen-bond donors (Lipinski definition) is 1. The maximum absolute atomic E-state index is 12.9. The van der Waals surface area contributed by atoms with Crippen molar-refractivity contribution in [2.24, 2.45) is 0 Å². The number of amides is 1. The lowest BCUT2D eigenvalue weighted by molar-refractivity contribution is -0.135. The fourth-order valence-electron chi connectivity index (χ4n) is 4.00. The van der Waals surface area contributed by atoms with Crippen molar-refractivity contribution in [3.05, 3.63) is 30.1 Å². The van der Waals surface area contributed by atoms with Crippen LogP contribution < -0.4 is 0 Å². The van der Waals surface area contributed by atoms with Crippen molar-refractivity contribution < 1.29 is 4.79 Å². The van der Waals surface area contributed by atoms with Gasteiger partial charge < -0.3 is 9.88 Å². The number of H-pyrrole nitrogens is 1. The summed E-state index contributed by atoms with van der Waals surface area (Å²) >= 11 is 0. The molecule has 2 aromatic rings. The first-order valence-electron chi connectivity index (χ1n) is 9.83. The molecule has 2 atom stereocenters. The van der Waals surface area contributed by atoms with Crippen LogP contribution in [0.15, 0.2) is 24.3 Å². The van der Waals surface area contributed by atoms with E-state index in [0.717, 1.165) is 47.9 Å². The fraction of sp³-hybridized carbons (Fsp3) is 0.600. The molecule has 2 aliphatic heterocycles. The third kappa shape index (κ3) is 4.22. The number of imidazole rings is 1. The first-order chi connectivity index (χ1) is 12.8. The molecule has 2 fully saturated rings. The molecule has 1 aromatic carbocycles. The number of hydrogen-bond acceptors (Lipinski definition) is 4. The second-order valence-electron chi connectivity index (χ2n) is 7.31. The van der Waals surface area contributed by atoms with Gasteiger partial charge in [0.25, 0.3) is 0 Å². The number of carbonyl (C=O) groups is 1. The van der Waals surface area contributed by atoms with Crippen LogP contribution in [0.4, 0.5) is 0 Å². The van der Waals surface area contributed by atoms with E-state index in [-0.39, 0.29) is 6.04 Å². The molecule has 2 aliphatic rings. The minimum absolute atomic E-state index is 0.116. The zero-order chi connectivity index (χ0) is 17.8. The van der Waals surface area contributed by atoms with E-state index in [4.69, 9.17) is 4.98 Å². The third-order valence-electron chi connectivity index (χ3n) is 5.44. The summed E-state index contributed by atoms with van der Waals surface area (Å²) in [7, 11) is 4.04. The highest BCUT2D eigenvalue weighted by Crippen LogP contribution is 2.40. The Morgan fingerprint density at radius 3 is 3.00 bits per heavy atom. The Hall–Kier alpha value is -1.14. The molecule has 0 bridgehead atoms. The molecule has 0 unspecified atom stereocenters. The van der Waals surface area contributed by atoms with Crippen molar-refractivity contribution in [2.45, 2.75) is 62.7 Å². The largest absolute Gasteiger partial charge is 0.340 e. The molecule has 2 saturated heterocycles. The van der Waals surface area contributed by atoms with Crippen LogP contribution in [0.3, 0.4) is 0 Å². The smallest absolute Gasteiger partial charge is 0.223 e. The van der Waals surface area contributed by atoms with Crippen LogP contribution in [-0.4, -0.2) is 38.3 Å². The highest BCUT2D eigenvalue weighted by atomic mass is 33.1. The average molecular weight is 390 g/mol. The molecule has 0 spiro atoms. The maximum Gasteiger partial charge on any atom is 0.223 e. The van der Waals surface area contributed by atoms with Gasteiger partial charge in [-0.15, -0.1) is 0 Å². The Morgan fingerprint density at radius 2 is 2.15 bits per heavy atom. The van der Waals surface area contributed by atoms with Crippen LogP contribution in [0.5, 0.6) is 0 Å². The van der Waals surface area contributed by atoms with E-state index in [9.17, 15) is 4.79 Å². The summed E-state index contributed by atoms with van der Waals surface area (Å²) in [5.41, 5.74) is 2.06. The van der Waals surface area contributed by atoms with Crippen molar-refractivity contribution in [1.29, 1.82) is 0 Å². The van der Waals surface area contributed by atoms with Gasteiger partial charge >= 0.3 is 0 Å². The minimum Gasteiger partial charge on any atom is -0.340 e. The highest BCUT2D eigenvalue weighted by molar-refractivity contribution is 8.77. The van der Waals surface area contributed by atoms with Gasteiger partial charge in [0.1, 0.15) is 5.82 Å². The van der Waals surface area contributed by atoms with Crippen LogP contribution in [0.1, 0.15) is 63.2 Å². The van der Waals surface area contributed by atoms with E-state index in [2.05, 4.69) is 16.0 Å². The number of para-hydroxylation sites is 2. The summed E-state index contributed by atoms with van der Waals surface area (Å²) in [6.07, 6.45) is 8.77. The molecule has 0 radical (unpaired) electrons. The average Bonchev–Trinajstić information content (AvgIpc) is 3.34. The quantitative estimate of drug-likeness (QED) is 0.536. The molecule has 4 rings (SSSR count). The predicted molar refractivity (Wildman–Crippen MR) is 111 cm³/mol. The number of fused-ring (bicyclic) bond motifs is 1. The molecule has 1 N–H and O–H groups in total. The summed E-state index contributed by atoms with van der Waals surface area (Å²) < 4.78 is 0. The molecule has 0 aliphatic carbocycles. The van der Waals surface area contributed by atoms with Crippen LogP contribution in [0.2, 0.25) is 0 Å². The van der Waals surface area contributed by atoms with Gasteiger partial charge in [-0.1, -0.05) is 40.1 Å². The summed E-state index contributed by atoms with van der Waals surface area (Å²) in [6.45, 7) is 0.871. The third-order valence-corrected chi connectivity index (χ3v) is 8.45. The fourth-order valence-corrected chi connectivity index (χ4v) is 7.03.